The molecule has 0 bridgehead atoms. The summed E-state index contributed by atoms with van der Waals surface area (Å²) in [6.45, 7) is 5.14. The minimum absolute atomic E-state index is 0.0425. The summed E-state index contributed by atoms with van der Waals surface area (Å²) in [5.41, 5.74) is -0.466. The first-order valence-corrected chi connectivity index (χ1v) is 9.16. The first-order valence-electron chi connectivity index (χ1n) is 7.68. The molecule has 8 nitrogen and oxygen atoms in total. The topological polar surface area (TPSA) is 118 Å². The number of carbonyl (C=O) groups excluding carboxylic acids is 1. The lowest BCUT2D eigenvalue weighted by molar-refractivity contribution is -0.384. The van der Waals surface area contributed by atoms with Gasteiger partial charge < -0.3 is 5.32 Å². The zero-order valence-corrected chi connectivity index (χ0v) is 15.3. The molecule has 0 heterocycles. The number of anilines is 1. The molecule has 26 heavy (non-hydrogen) atoms. The molecular formula is C17H19N3O5S. The Morgan fingerprint density at radius 1 is 1.08 bits per heavy atom. The molecule has 0 aliphatic heterocycles. The van der Waals surface area contributed by atoms with Crippen molar-refractivity contribution in [3.63, 3.8) is 0 Å². The van der Waals surface area contributed by atoms with E-state index in [1.54, 1.807) is 20.8 Å². The van der Waals surface area contributed by atoms with E-state index >= 15 is 0 Å². The Kier molecular flexibility index (Phi) is 5.43. The SMILES string of the molecule is CC(C)(C)NS(=O)(=O)c1cccc(C(=O)Nc2cccc([N+](=O)[O-])c2)c1. The van der Waals surface area contributed by atoms with Crippen LogP contribution in [0.2, 0.25) is 0 Å². The van der Waals surface area contributed by atoms with E-state index in [2.05, 4.69) is 10.0 Å². The van der Waals surface area contributed by atoms with Gasteiger partial charge in [-0.05, 0) is 45.0 Å². The van der Waals surface area contributed by atoms with E-state index in [1.165, 1.54) is 48.5 Å². The minimum Gasteiger partial charge on any atom is -0.322 e. The third-order valence-corrected chi connectivity index (χ3v) is 4.92. The number of nitro benzene ring substituents is 1. The van der Waals surface area contributed by atoms with Gasteiger partial charge in [0.15, 0.2) is 0 Å². The molecule has 0 spiro atoms. The molecule has 0 radical (unpaired) electrons. The summed E-state index contributed by atoms with van der Waals surface area (Å²) in [7, 11) is -3.78. The molecule has 0 fully saturated rings. The fraction of sp³-hybridized carbons (Fsp3) is 0.235. The highest BCUT2D eigenvalue weighted by molar-refractivity contribution is 7.89. The maximum Gasteiger partial charge on any atom is 0.271 e. The van der Waals surface area contributed by atoms with Crippen LogP contribution in [0.15, 0.2) is 53.4 Å². The summed E-state index contributed by atoms with van der Waals surface area (Å²) in [5.74, 6) is -0.571. The monoisotopic (exact) mass is 377 g/mol. The molecule has 0 saturated carbocycles. The summed E-state index contributed by atoms with van der Waals surface area (Å²) in [6, 6.07) is 11.0. The Hall–Kier alpha value is -2.78. The van der Waals surface area contributed by atoms with Crippen LogP contribution in [0.1, 0.15) is 31.1 Å². The van der Waals surface area contributed by atoms with Crippen LogP contribution >= 0.6 is 0 Å². The van der Waals surface area contributed by atoms with E-state index < -0.39 is 26.4 Å². The van der Waals surface area contributed by atoms with Crippen LogP contribution in [0.25, 0.3) is 0 Å². The van der Waals surface area contributed by atoms with Gasteiger partial charge in [0, 0.05) is 28.9 Å². The normalized spacial score (nSPS) is 11.8. The van der Waals surface area contributed by atoms with Crippen LogP contribution < -0.4 is 10.0 Å². The maximum absolute atomic E-state index is 12.4. The lowest BCUT2D eigenvalue weighted by Crippen LogP contribution is -2.40. The van der Waals surface area contributed by atoms with Crippen molar-refractivity contribution in [3.8, 4) is 0 Å². The summed E-state index contributed by atoms with van der Waals surface area (Å²) in [6.07, 6.45) is 0. The number of hydrogen-bond acceptors (Lipinski definition) is 5. The number of sulfonamides is 1. The van der Waals surface area contributed by atoms with Gasteiger partial charge in [-0.25, -0.2) is 13.1 Å². The average Bonchev–Trinajstić information content (AvgIpc) is 2.53. The van der Waals surface area contributed by atoms with Crippen molar-refractivity contribution in [2.45, 2.75) is 31.2 Å². The molecule has 0 aliphatic rings. The molecule has 0 atom stereocenters. The van der Waals surface area contributed by atoms with E-state index in [1.807, 2.05) is 0 Å². The zero-order chi connectivity index (χ0) is 19.5. The van der Waals surface area contributed by atoms with Crippen molar-refractivity contribution < 1.29 is 18.1 Å². The number of benzene rings is 2. The molecule has 2 aromatic carbocycles. The molecule has 9 heteroatoms. The second-order valence-electron chi connectivity index (χ2n) is 6.64. The average molecular weight is 377 g/mol. The first-order chi connectivity index (χ1) is 12.0. The number of amides is 1. The van der Waals surface area contributed by atoms with Gasteiger partial charge in [-0.2, -0.15) is 0 Å². The molecule has 1 amide bonds. The van der Waals surface area contributed by atoms with Gasteiger partial charge in [-0.15, -0.1) is 0 Å². The van der Waals surface area contributed by atoms with E-state index in [0.29, 0.717) is 0 Å². The Morgan fingerprint density at radius 3 is 2.35 bits per heavy atom. The Bertz CT molecular complexity index is 949. The fourth-order valence-corrected chi connectivity index (χ4v) is 3.63. The van der Waals surface area contributed by atoms with E-state index in [-0.39, 0.29) is 21.8 Å². The summed E-state index contributed by atoms with van der Waals surface area (Å²) < 4.78 is 27.3. The van der Waals surface area contributed by atoms with Crippen LogP contribution in [0.4, 0.5) is 11.4 Å². The van der Waals surface area contributed by atoms with E-state index in [0.717, 1.165) is 0 Å². The van der Waals surface area contributed by atoms with Gasteiger partial charge in [0.1, 0.15) is 0 Å². The fourth-order valence-electron chi connectivity index (χ4n) is 2.17. The van der Waals surface area contributed by atoms with Crippen LogP contribution in [0.5, 0.6) is 0 Å². The summed E-state index contributed by atoms with van der Waals surface area (Å²) in [4.78, 5) is 22.5. The number of nitro groups is 1. The third kappa shape index (κ3) is 5.11. The minimum atomic E-state index is -3.78. The molecule has 2 rings (SSSR count). The van der Waals surface area contributed by atoms with Crippen molar-refractivity contribution in [3.05, 3.63) is 64.2 Å². The number of hydrogen-bond donors (Lipinski definition) is 2. The highest BCUT2D eigenvalue weighted by atomic mass is 32.2. The predicted octanol–water partition coefficient (Wildman–Crippen LogP) is 2.92. The second-order valence-corrected chi connectivity index (χ2v) is 8.33. The largest absolute Gasteiger partial charge is 0.322 e. The molecule has 2 aromatic rings. The Balaban J connectivity index is 2.26. The van der Waals surface area contributed by atoms with Gasteiger partial charge in [-0.1, -0.05) is 12.1 Å². The molecule has 0 saturated heterocycles. The van der Waals surface area contributed by atoms with Crippen LogP contribution in [0.3, 0.4) is 0 Å². The molecule has 0 aromatic heterocycles. The summed E-state index contributed by atoms with van der Waals surface area (Å²) in [5, 5.41) is 13.3. The second kappa shape index (κ2) is 7.22. The van der Waals surface area contributed by atoms with Crippen molar-refractivity contribution in [2.24, 2.45) is 0 Å². The molecule has 0 unspecified atom stereocenters. The standard InChI is InChI=1S/C17H19N3O5S/c1-17(2,3)19-26(24,25)15-9-4-6-12(10-15)16(21)18-13-7-5-8-14(11-13)20(22)23/h4-11,19H,1-3H3,(H,18,21). The van der Waals surface area contributed by atoms with Crippen LogP contribution in [-0.4, -0.2) is 24.8 Å². The quantitative estimate of drug-likeness (QED) is 0.613. The van der Waals surface area contributed by atoms with E-state index in [9.17, 15) is 23.3 Å². The van der Waals surface area contributed by atoms with Gasteiger partial charge in [0.25, 0.3) is 11.6 Å². The molecule has 0 aliphatic carbocycles. The zero-order valence-electron chi connectivity index (χ0n) is 14.5. The van der Waals surface area contributed by atoms with Gasteiger partial charge >= 0.3 is 0 Å². The van der Waals surface area contributed by atoms with Gasteiger partial charge in [0.2, 0.25) is 10.0 Å². The number of carbonyl (C=O) groups is 1. The molecule has 138 valence electrons. The molecule has 2 N–H and O–H groups in total. The lowest BCUT2D eigenvalue weighted by atomic mass is 10.1. The maximum atomic E-state index is 12.4. The predicted molar refractivity (Wildman–Crippen MR) is 97.6 cm³/mol. The molecular weight excluding hydrogens is 358 g/mol. The first kappa shape index (κ1) is 19.5. The third-order valence-electron chi connectivity index (χ3n) is 3.16. The number of non-ortho nitro benzene ring substituents is 1. The number of nitrogens with zero attached hydrogens (tertiary/aromatic N) is 1. The summed E-state index contributed by atoms with van der Waals surface area (Å²) >= 11 is 0. The van der Waals surface area contributed by atoms with Crippen molar-refractivity contribution in [2.75, 3.05) is 5.32 Å². The Morgan fingerprint density at radius 2 is 1.73 bits per heavy atom. The van der Waals surface area contributed by atoms with Crippen LogP contribution in [-0.2, 0) is 10.0 Å². The van der Waals surface area contributed by atoms with Crippen molar-refractivity contribution in [1.29, 1.82) is 0 Å². The van der Waals surface area contributed by atoms with Gasteiger partial charge in [-0.3, -0.25) is 14.9 Å². The highest BCUT2D eigenvalue weighted by Gasteiger charge is 2.22. The van der Waals surface area contributed by atoms with Gasteiger partial charge in [0.05, 0.1) is 9.82 Å². The smallest absolute Gasteiger partial charge is 0.271 e. The number of nitrogens with one attached hydrogen (secondary N) is 2. The van der Waals surface area contributed by atoms with Crippen molar-refractivity contribution in [1.82, 2.24) is 4.72 Å². The van der Waals surface area contributed by atoms with E-state index in [4.69, 9.17) is 0 Å². The Labute approximate surface area is 151 Å². The lowest BCUT2D eigenvalue weighted by Gasteiger charge is -2.20. The number of rotatable bonds is 5. The van der Waals surface area contributed by atoms with Crippen LogP contribution in [0, 0.1) is 10.1 Å². The van der Waals surface area contributed by atoms with Crippen molar-refractivity contribution >= 4 is 27.3 Å². The highest BCUT2D eigenvalue weighted by Crippen LogP contribution is 2.19.